The molecule has 0 bridgehead atoms. The van der Waals surface area contributed by atoms with Crippen LogP contribution in [0.25, 0.3) is 16.5 Å². The van der Waals surface area contributed by atoms with Gasteiger partial charge in [-0.05, 0) is 12.1 Å². The number of aromatic hydroxyl groups is 1. The summed E-state index contributed by atoms with van der Waals surface area (Å²) < 4.78 is 0. The minimum Gasteiger partial charge on any atom is -0.494 e. The standard InChI is InChI=1S/C17H12N2O/c1-10-11-6-2-4-8-13(11)18-16(10)15-12-7-3-5-9-14(12)19-17(15)20/h2-9,19-20H,1H2. The van der Waals surface area contributed by atoms with Crippen LogP contribution in [0.1, 0.15) is 11.1 Å². The number of para-hydroxylation sites is 2. The third kappa shape index (κ3) is 1.37. The summed E-state index contributed by atoms with van der Waals surface area (Å²) in [4.78, 5) is 7.61. The van der Waals surface area contributed by atoms with Gasteiger partial charge in [0.25, 0.3) is 0 Å². The summed E-state index contributed by atoms with van der Waals surface area (Å²) in [6.45, 7) is 4.13. The average Bonchev–Trinajstić information content (AvgIpc) is 2.96. The molecule has 3 aromatic rings. The third-order valence-corrected chi connectivity index (χ3v) is 3.67. The number of hydrogen-bond acceptors (Lipinski definition) is 2. The Morgan fingerprint density at radius 3 is 2.60 bits per heavy atom. The number of aromatic amines is 1. The van der Waals surface area contributed by atoms with Gasteiger partial charge in [-0.25, -0.2) is 4.99 Å². The van der Waals surface area contributed by atoms with E-state index in [0.29, 0.717) is 0 Å². The summed E-state index contributed by atoms with van der Waals surface area (Å²) in [6, 6.07) is 15.7. The lowest BCUT2D eigenvalue weighted by molar-refractivity contribution is 0.457. The Kier molecular flexibility index (Phi) is 2.12. The number of nitrogens with zero attached hydrogens (tertiary/aromatic N) is 1. The first kappa shape index (κ1) is 11.1. The molecule has 3 heteroatoms. The fourth-order valence-corrected chi connectivity index (χ4v) is 2.72. The number of aromatic nitrogens is 1. The maximum absolute atomic E-state index is 10.2. The van der Waals surface area contributed by atoms with Gasteiger partial charge in [-0.15, -0.1) is 0 Å². The van der Waals surface area contributed by atoms with Crippen LogP contribution in [0.3, 0.4) is 0 Å². The molecule has 0 unspecified atom stereocenters. The van der Waals surface area contributed by atoms with E-state index < -0.39 is 0 Å². The van der Waals surface area contributed by atoms with E-state index in [2.05, 4.69) is 16.6 Å². The molecule has 20 heavy (non-hydrogen) atoms. The monoisotopic (exact) mass is 260 g/mol. The van der Waals surface area contributed by atoms with Crippen molar-refractivity contribution in [2.75, 3.05) is 0 Å². The van der Waals surface area contributed by atoms with Crippen LogP contribution >= 0.6 is 0 Å². The van der Waals surface area contributed by atoms with E-state index >= 15 is 0 Å². The Morgan fingerprint density at radius 2 is 1.75 bits per heavy atom. The lowest BCUT2D eigenvalue weighted by atomic mass is 9.99. The van der Waals surface area contributed by atoms with Crippen LogP contribution < -0.4 is 0 Å². The quantitative estimate of drug-likeness (QED) is 0.682. The van der Waals surface area contributed by atoms with Crippen molar-refractivity contribution in [3.63, 3.8) is 0 Å². The number of H-pyrrole nitrogens is 1. The number of allylic oxidation sites excluding steroid dienone is 1. The molecular formula is C17H12N2O. The Morgan fingerprint density at radius 1 is 1.00 bits per heavy atom. The van der Waals surface area contributed by atoms with Gasteiger partial charge < -0.3 is 10.1 Å². The predicted octanol–water partition coefficient (Wildman–Crippen LogP) is 4.02. The maximum atomic E-state index is 10.2. The molecule has 1 aliphatic heterocycles. The van der Waals surface area contributed by atoms with E-state index in [0.717, 1.165) is 39.0 Å². The zero-order valence-electron chi connectivity index (χ0n) is 10.7. The number of rotatable bonds is 1. The molecule has 0 fully saturated rings. The molecule has 1 aromatic heterocycles. The summed E-state index contributed by atoms with van der Waals surface area (Å²) in [5.74, 6) is 0.138. The van der Waals surface area contributed by atoms with Crippen LogP contribution in [0.2, 0.25) is 0 Å². The van der Waals surface area contributed by atoms with Crippen molar-refractivity contribution >= 4 is 27.9 Å². The Labute approximate surface area is 115 Å². The molecule has 2 aromatic carbocycles. The first-order chi connectivity index (χ1) is 9.75. The largest absolute Gasteiger partial charge is 0.494 e. The highest BCUT2D eigenvalue weighted by Crippen LogP contribution is 2.39. The molecule has 1 aliphatic rings. The van der Waals surface area contributed by atoms with E-state index in [1.54, 1.807) is 0 Å². The maximum Gasteiger partial charge on any atom is 0.199 e. The van der Waals surface area contributed by atoms with Gasteiger partial charge in [0, 0.05) is 22.0 Å². The highest BCUT2D eigenvalue weighted by molar-refractivity contribution is 6.39. The number of aliphatic imine (C=N–C) groups is 1. The summed E-state index contributed by atoms with van der Waals surface area (Å²) in [6.07, 6.45) is 0. The van der Waals surface area contributed by atoms with Gasteiger partial charge in [-0.1, -0.05) is 43.0 Å². The molecule has 0 amide bonds. The van der Waals surface area contributed by atoms with Crippen molar-refractivity contribution < 1.29 is 5.11 Å². The zero-order valence-corrected chi connectivity index (χ0v) is 10.7. The second-order valence-corrected chi connectivity index (χ2v) is 4.85. The molecule has 2 heterocycles. The SMILES string of the molecule is C=C1C(c2c(O)[nH]c3ccccc23)=Nc2ccccc21. The second-order valence-electron chi connectivity index (χ2n) is 4.85. The lowest BCUT2D eigenvalue weighted by Gasteiger charge is -2.02. The molecule has 4 rings (SSSR count). The van der Waals surface area contributed by atoms with Crippen molar-refractivity contribution in [1.82, 2.24) is 4.98 Å². The fourth-order valence-electron chi connectivity index (χ4n) is 2.72. The Bertz CT molecular complexity index is 887. The molecule has 3 nitrogen and oxygen atoms in total. The molecule has 2 N–H and O–H groups in total. The van der Waals surface area contributed by atoms with Crippen LogP contribution in [0.15, 0.2) is 60.1 Å². The van der Waals surface area contributed by atoms with E-state index in [1.807, 2.05) is 48.5 Å². The summed E-state index contributed by atoms with van der Waals surface area (Å²) in [5.41, 5.74) is 5.12. The predicted molar refractivity (Wildman–Crippen MR) is 81.6 cm³/mol. The zero-order chi connectivity index (χ0) is 13.7. The molecule has 0 atom stereocenters. The summed E-state index contributed by atoms with van der Waals surface area (Å²) >= 11 is 0. The van der Waals surface area contributed by atoms with Crippen LogP contribution in [0, 0.1) is 0 Å². The second kappa shape index (κ2) is 3.84. The third-order valence-electron chi connectivity index (χ3n) is 3.67. The van der Waals surface area contributed by atoms with Crippen LogP contribution in [-0.4, -0.2) is 15.8 Å². The lowest BCUT2D eigenvalue weighted by Crippen LogP contribution is -1.98. The van der Waals surface area contributed by atoms with Gasteiger partial charge in [0.15, 0.2) is 5.88 Å². The smallest absolute Gasteiger partial charge is 0.199 e. The molecule has 0 saturated heterocycles. The Hall–Kier alpha value is -2.81. The fraction of sp³-hybridized carbons (Fsp3) is 0. The van der Waals surface area contributed by atoms with Crippen molar-refractivity contribution in [2.45, 2.75) is 0 Å². The normalized spacial score (nSPS) is 13.6. The van der Waals surface area contributed by atoms with Crippen molar-refractivity contribution in [1.29, 1.82) is 0 Å². The summed E-state index contributed by atoms with van der Waals surface area (Å²) in [7, 11) is 0. The van der Waals surface area contributed by atoms with Crippen molar-refractivity contribution in [2.24, 2.45) is 4.99 Å². The number of hydrogen-bond donors (Lipinski definition) is 2. The Balaban J connectivity index is 1.99. The first-order valence-electron chi connectivity index (χ1n) is 6.43. The minimum atomic E-state index is 0.138. The highest BCUT2D eigenvalue weighted by Gasteiger charge is 2.25. The van der Waals surface area contributed by atoms with Gasteiger partial charge in [-0.2, -0.15) is 0 Å². The molecule has 96 valence electrons. The minimum absolute atomic E-state index is 0.138. The van der Waals surface area contributed by atoms with Crippen LogP contribution in [0.4, 0.5) is 5.69 Å². The van der Waals surface area contributed by atoms with E-state index in [-0.39, 0.29) is 5.88 Å². The van der Waals surface area contributed by atoms with Crippen molar-refractivity contribution in [3.8, 4) is 5.88 Å². The molecule has 0 radical (unpaired) electrons. The van der Waals surface area contributed by atoms with Crippen LogP contribution in [-0.2, 0) is 0 Å². The van der Waals surface area contributed by atoms with Gasteiger partial charge in [0.1, 0.15) is 0 Å². The van der Waals surface area contributed by atoms with E-state index in [4.69, 9.17) is 0 Å². The average molecular weight is 260 g/mol. The molecule has 0 saturated carbocycles. The van der Waals surface area contributed by atoms with E-state index in [9.17, 15) is 5.11 Å². The number of benzene rings is 2. The first-order valence-corrected chi connectivity index (χ1v) is 6.43. The van der Waals surface area contributed by atoms with Gasteiger partial charge >= 0.3 is 0 Å². The van der Waals surface area contributed by atoms with Crippen LogP contribution in [0.5, 0.6) is 5.88 Å². The number of nitrogens with one attached hydrogen (secondary N) is 1. The van der Waals surface area contributed by atoms with E-state index in [1.165, 1.54) is 0 Å². The molecular weight excluding hydrogens is 248 g/mol. The van der Waals surface area contributed by atoms with Gasteiger partial charge in [0.05, 0.1) is 17.0 Å². The molecule has 0 spiro atoms. The number of fused-ring (bicyclic) bond motifs is 2. The molecule has 0 aliphatic carbocycles. The topological polar surface area (TPSA) is 48.4 Å². The van der Waals surface area contributed by atoms with Gasteiger partial charge in [-0.3, -0.25) is 0 Å². The van der Waals surface area contributed by atoms with Crippen molar-refractivity contribution in [3.05, 3.63) is 66.2 Å². The highest BCUT2D eigenvalue weighted by atomic mass is 16.3. The van der Waals surface area contributed by atoms with Gasteiger partial charge in [0.2, 0.25) is 0 Å². The summed E-state index contributed by atoms with van der Waals surface area (Å²) in [5, 5.41) is 11.2.